The van der Waals surface area contributed by atoms with E-state index in [4.69, 9.17) is 14.2 Å². The van der Waals surface area contributed by atoms with Gasteiger partial charge in [0, 0.05) is 13.7 Å². The van der Waals surface area contributed by atoms with Gasteiger partial charge in [0.2, 0.25) is 0 Å². The Labute approximate surface area is 94.1 Å². The monoisotopic (exact) mass is 218 g/mol. The van der Waals surface area contributed by atoms with Gasteiger partial charge >= 0.3 is 0 Å². The lowest BCUT2D eigenvalue weighted by atomic mass is 10.3. The van der Waals surface area contributed by atoms with E-state index in [1.165, 1.54) is 12.8 Å². The molecule has 15 heavy (non-hydrogen) atoms. The van der Waals surface area contributed by atoms with Crippen LogP contribution in [0.2, 0.25) is 0 Å². The summed E-state index contributed by atoms with van der Waals surface area (Å²) in [6.45, 7) is 8.38. The highest BCUT2D eigenvalue weighted by atomic mass is 16.6. The van der Waals surface area contributed by atoms with Gasteiger partial charge in [-0.05, 0) is 20.3 Å². The largest absolute Gasteiger partial charge is 0.379 e. The minimum Gasteiger partial charge on any atom is -0.379 e. The van der Waals surface area contributed by atoms with Gasteiger partial charge in [-0.3, -0.25) is 0 Å². The Morgan fingerprint density at radius 1 is 1.00 bits per heavy atom. The molecule has 0 aliphatic rings. The molecule has 0 aromatic heterocycles. The van der Waals surface area contributed by atoms with Crippen LogP contribution in [-0.4, -0.2) is 39.1 Å². The van der Waals surface area contributed by atoms with Crippen molar-refractivity contribution in [1.29, 1.82) is 0 Å². The zero-order valence-electron chi connectivity index (χ0n) is 10.6. The molecular weight excluding hydrogens is 192 g/mol. The molecule has 2 atom stereocenters. The summed E-state index contributed by atoms with van der Waals surface area (Å²) in [6.07, 6.45) is 3.95. The number of ether oxygens (including phenoxy) is 3. The molecule has 0 heterocycles. The molecule has 0 radical (unpaired) electrons. The molecule has 0 saturated carbocycles. The summed E-state index contributed by atoms with van der Waals surface area (Å²) in [7, 11) is 1.69. The zero-order chi connectivity index (χ0) is 11.5. The smallest absolute Gasteiger partial charge is 0.0781 e. The fourth-order valence-corrected chi connectivity index (χ4v) is 1.12. The second-order valence-electron chi connectivity index (χ2n) is 3.97. The molecule has 2 unspecified atom stereocenters. The third kappa shape index (κ3) is 10.2. The van der Waals surface area contributed by atoms with Crippen LogP contribution in [0, 0.1) is 0 Å². The molecule has 0 amide bonds. The maximum absolute atomic E-state index is 5.55. The average molecular weight is 218 g/mol. The van der Waals surface area contributed by atoms with Crippen molar-refractivity contribution in [2.75, 3.05) is 26.9 Å². The van der Waals surface area contributed by atoms with Crippen LogP contribution in [0.25, 0.3) is 0 Å². The van der Waals surface area contributed by atoms with Crippen LogP contribution in [0.1, 0.15) is 40.0 Å². The Morgan fingerprint density at radius 2 is 1.73 bits per heavy atom. The van der Waals surface area contributed by atoms with Crippen molar-refractivity contribution < 1.29 is 14.2 Å². The SMILES string of the molecule is CCCCCOCC(C)OCC(C)OC. The van der Waals surface area contributed by atoms with Crippen molar-refractivity contribution in [3.63, 3.8) is 0 Å². The highest BCUT2D eigenvalue weighted by Crippen LogP contribution is 1.99. The number of hydrogen-bond acceptors (Lipinski definition) is 3. The van der Waals surface area contributed by atoms with Crippen molar-refractivity contribution in [1.82, 2.24) is 0 Å². The molecule has 0 rings (SSSR count). The molecule has 3 heteroatoms. The van der Waals surface area contributed by atoms with Crippen LogP contribution in [0.5, 0.6) is 0 Å². The predicted octanol–water partition coefficient (Wildman–Crippen LogP) is 2.63. The summed E-state index contributed by atoms with van der Waals surface area (Å²) in [6, 6.07) is 0. The molecular formula is C12H26O3. The van der Waals surface area contributed by atoms with E-state index in [-0.39, 0.29) is 12.2 Å². The van der Waals surface area contributed by atoms with E-state index in [9.17, 15) is 0 Å². The molecule has 0 aliphatic carbocycles. The summed E-state index contributed by atoms with van der Waals surface area (Å²) in [5.41, 5.74) is 0. The van der Waals surface area contributed by atoms with Gasteiger partial charge in [0.25, 0.3) is 0 Å². The van der Waals surface area contributed by atoms with Crippen molar-refractivity contribution in [2.45, 2.75) is 52.2 Å². The number of unbranched alkanes of at least 4 members (excludes halogenated alkanes) is 2. The van der Waals surface area contributed by atoms with Crippen LogP contribution in [0.3, 0.4) is 0 Å². The zero-order valence-corrected chi connectivity index (χ0v) is 10.6. The van der Waals surface area contributed by atoms with Gasteiger partial charge in [0.15, 0.2) is 0 Å². The molecule has 0 saturated heterocycles. The van der Waals surface area contributed by atoms with Crippen LogP contribution in [-0.2, 0) is 14.2 Å². The lowest BCUT2D eigenvalue weighted by Gasteiger charge is -2.16. The molecule has 0 aromatic rings. The normalized spacial score (nSPS) is 15.2. The van der Waals surface area contributed by atoms with Gasteiger partial charge < -0.3 is 14.2 Å². The van der Waals surface area contributed by atoms with Crippen LogP contribution >= 0.6 is 0 Å². The Morgan fingerprint density at radius 3 is 2.33 bits per heavy atom. The lowest BCUT2D eigenvalue weighted by Crippen LogP contribution is -2.22. The molecule has 92 valence electrons. The first-order valence-corrected chi connectivity index (χ1v) is 5.92. The average Bonchev–Trinajstić information content (AvgIpc) is 2.25. The summed E-state index contributed by atoms with van der Waals surface area (Å²) < 4.78 is 16.1. The maximum atomic E-state index is 5.55. The fourth-order valence-electron chi connectivity index (χ4n) is 1.12. The second kappa shape index (κ2) is 10.4. The van der Waals surface area contributed by atoms with E-state index in [0.29, 0.717) is 13.2 Å². The minimum absolute atomic E-state index is 0.157. The van der Waals surface area contributed by atoms with Crippen molar-refractivity contribution in [3.05, 3.63) is 0 Å². The predicted molar refractivity (Wildman–Crippen MR) is 62.2 cm³/mol. The maximum Gasteiger partial charge on any atom is 0.0781 e. The fraction of sp³-hybridized carbons (Fsp3) is 1.00. The number of methoxy groups -OCH3 is 1. The highest BCUT2D eigenvalue weighted by Gasteiger charge is 2.05. The molecule has 0 N–H and O–H groups in total. The Bertz CT molecular complexity index is 128. The molecule has 0 aliphatic heterocycles. The van der Waals surface area contributed by atoms with E-state index in [2.05, 4.69) is 6.92 Å². The Kier molecular flexibility index (Phi) is 10.3. The highest BCUT2D eigenvalue weighted by molar-refractivity contribution is 4.51. The van der Waals surface area contributed by atoms with Gasteiger partial charge in [-0.15, -0.1) is 0 Å². The van der Waals surface area contributed by atoms with Crippen LogP contribution in [0.15, 0.2) is 0 Å². The van der Waals surface area contributed by atoms with E-state index in [1.54, 1.807) is 7.11 Å². The van der Waals surface area contributed by atoms with Gasteiger partial charge in [0.05, 0.1) is 25.4 Å². The van der Waals surface area contributed by atoms with Gasteiger partial charge in [-0.1, -0.05) is 19.8 Å². The van der Waals surface area contributed by atoms with Crippen LogP contribution < -0.4 is 0 Å². The van der Waals surface area contributed by atoms with Crippen molar-refractivity contribution in [2.24, 2.45) is 0 Å². The second-order valence-corrected chi connectivity index (χ2v) is 3.97. The van der Waals surface area contributed by atoms with Gasteiger partial charge in [0.1, 0.15) is 0 Å². The first-order chi connectivity index (χ1) is 7.20. The molecule has 3 nitrogen and oxygen atoms in total. The standard InChI is InChI=1S/C12H26O3/c1-5-6-7-8-14-9-12(3)15-10-11(2)13-4/h11-12H,5-10H2,1-4H3. The summed E-state index contributed by atoms with van der Waals surface area (Å²) >= 11 is 0. The topological polar surface area (TPSA) is 27.7 Å². The molecule has 0 bridgehead atoms. The molecule has 0 fully saturated rings. The lowest BCUT2D eigenvalue weighted by molar-refractivity contribution is -0.0466. The summed E-state index contributed by atoms with van der Waals surface area (Å²) in [5.74, 6) is 0. The Balaban J connectivity index is 3.21. The van der Waals surface area contributed by atoms with Crippen molar-refractivity contribution in [3.8, 4) is 0 Å². The van der Waals surface area contributed by atoms with Gasteiger partial charge in [-0.2, -0.15) is 0 Å². The van der Waals surface area contributed by atoms with E-state index in [1.807, 2.05) is 13.8 Å². The summed E-state index contributed by atoms with van der Waals surface area (Å²) in [5, 5.41) is 0. The Hall–Kier alpha value is -0.120. The third-order valence-corrected chi connectivity index (χ3v) is 2.26. The number of hydrogen-bond donors (Lipinski definition) is 0. The number of rotatable bonds is 10. The first-order valence-electron chi connectivity index (χ1n) is 5.92. The quantitative estimate of drug-likeness (QED) is 0.528. The summed E-state index contributed by atoms with van der Waals surface area (Å²) in [4.78, 5) is 0. The van der Waals surface area contributed by atoms with E-state index < -0.39 is 0 Å². The molecule has 0 aromatic carbocycles. The first kappa shape index (κ1) is 14.9. The third-order valence-electron chi connectivity index (χ3n) is 2.26. The molecule has 0 spiro atoms. The van der Waals surface area contributed by atoms with Crippen LogP contribution in [0.4, 0.5) is 0 Å². The minimum atomic E-state index is 0.157. The van der Waals surface area contributed by atoms with Crippen molar-refractivity contribution >= 4 is 0 Å². The van der Waals surface area contributed by atoms with E-state index in [0.717, 1.165) is 13.0 Å². The van der Waals surface area contributed by atoms with Gasteiger partial charge in [-0.25, -0.2) is 0 Å². The van der Waals surface area contributed by atoms with E-state index >= 15 is 0 Å².